The normalized spacial score (nSPS) is 20.7. The molecule has 19 heavy (non-hydrogen) atoms. The van der Waals surface area contributed by atoms with Crippen molar-refractivity contribution in [2.75, 3.05) is 59.0 Å². The molecule has 2 fully saturated rings. The first-order chi connectivity index (χ1) is 9.33. The molecule has 0 radical (unpaired) electrons. The summed E-state index contributed by atoms with van der Waals surface area (Å²) in [5, 5.41) is 0.302. The lowest BCUT2D eigenvalue weighted by Crippen LogP contribution is -2.36. The number of hydrogen-bond acceptors (Lipinski definition) is 7. The maximum absolute atomic E-state index is 6.06. The second-order valence-corrected chi connectivity index (χ2v) is 7.19. The molecule has 0 bridgehead atoms. The third-order valence-corrected chi connectivity index (χ3v) is 5.23. The van der Waals surface area contributed by atoms with Crippen LogP contribution in [0, 0.1) is 0 Å². The van der Waals surface area contributed by atoms with Gasteiger partial charge in [0.2, 0.25) is 17.2 Å². The smallest absolute Gasteiger partial charge is 0.231 e. The van der Waals surface area contributed by atoms with Crippen molar-refractivity contribution in [3.8, 4) is 0 Å². The number of rotatable bonds is 2. The van der Waals surface area contributed by atoms with E-state index in [9.17, 15) is 0 Å². The molecule has 0 atom stereocenters. The summed E-state index contributed by atoms with van der Waals surface area (Å²) in [5.74, 6) is 5.96. The summed E-state index contributed by atoms with van der Waals surface area (Å²) >= 11 is 10.0. The van der Waals surface area contributed by atoms with E-state index in [0.717, 1.165) is 61.1 Å². The van der Waals surface area contributed by atoms with E-state index in [0.29, 0.717) is 5.28 Å². The molecule has 8 heteroatoms. The van der Waals surface area contributed by atoms with Crippen molar-refractivity contribution in [1.82, 2.24) is 15.0 Å². The SMILES string of the molecule is Clc1nc(N2CCSCC2)nc(N2CCSCC2)n1. The van der Waals surface area contributed by atoms with Gasteiger partial charge in [0.15, 0.2) is 0 Å². The summed E-state index contributed by atoms with van der Waals surface area (Å²) in [6.45, 7) is 3.95. The van der Waals surface area contributed by atoms with Gasteiger partial charge in [-0.1, -0.05) is 0 Å². The highest BCUT2D eigenvalue weighted by Gasteiger charge is 2.19. The van der Waals surface area contributed by atoms with Gasteiger partial charge in [-0.15, -0.1) is 0 Å². The lowest BCUT2D eigenvalue weighted by Gasteiger charge is -2.29. The van der Waals surface area contributed by atoms with Crippen LogP contribution < -0.4 is 9.80 Å². The first-order valence-corrected chi connectivity index (χ1v) is 9.08. The van der Waals surface area contributed by atoms with Crippen LogP contribution in [0.5, 0.6) is 0 Å². The van der Waals surface area contributed by atoms with Gasteiger partial charge in [-0.05, 0) is 11.6 Å². The van der Waals surface area contributed by atoms with Crippen LogP contribution in [0.25, 0.3) is 0 Å². The molecule has 0 saturated carbocycles. The molecule has 2 aliphatic rings. The Morgan fingerprint density at radius 1 is 0.737 bits per heavy atom. The van der Waals surface area contributed by atoms with Crippen molar-refractivity contribution in [2.45, 2.75) is 0 Å². The fraction of sp³-hybridized carbons (Fsp3) is 0.727. The molecular weight excluding hydrogens is 302 g/mol. The Bertz CT molecular complexity index is 399. The van der Waals surface area contributed by atoms with Crippen LogP contribution in [-0.4, -0.2) is 64.1 Å². The Morgan fingerprint density at radius 2 is 1.16 bits per heavy atom. The first-order valence-electron chi connectivity index (χ1n) is 6.40. The molecule has 0 unspecified atom stereocenters. The summed E-state index contributed by atoms with van der Waals surface area (Å²) in [4.78, 5) is 17.6. The zero-order valence-corrected chi connectivity index (χ0v) is 13.0. The highest BCUT2D eigenvalue weighted by Crippen LogP contribution is 2.21. The van der Waals surface area contributed by atoms with E-state index in [4.69, 9.17) is 11.6 Å². The number of halogens is 1. The number of nitrogens with zero attached hydrogens (tertiary/aromatic N) is 5. The van der Waals surface area contributed by atoms with E-state index < -0.39 is 0 Å². The largest absolute Gasteiger partial charge is 0.339 e. The first kappa shape index (κ1) is 13.6. The van der Waals surface area contributed by atoms with Gasteiger partial charge < -0.3 is 9.80 Å². The van der Waals surface area contributed by atoms with Crippen LogP contribution in [-0.2, 0) is 0 Å². The van der Waals surface area contributed by atoms with Crippen molar-refractivity contribution in [2.24, 2.45) is 0 Å². The number of anilines is 2. The highest BCUT2D eigenvalue weighted by molar-refractivity contribution is 7.99. The molecule has 3 heterocycles. The molecule has 0 amide bonds. The van der Waals surface area contributed by atoms with Crippen LogP contribution in [0.1, 0.15) is 0 Å². The molecular formula is C11H16ClN5S2. The second kappa shape index (κ2) is 6.37. The zero-order chi connectivity index (χ0) is 13.1. The van der Waals surface area contributed by atoms with E-state index >= 15 is 0 Å². The van der Waals surface area contributed by atoms with Gasteiger partial charge in [-0.25, -0.2) is 0 Å². The fourth-order valence-electron chi connectivity index (χ4n) is 2.14. The molecule has 1 aromatic rings. The zero-order valence-electron chi connectivity index (χ0n) is 10.6. The van der Waals surface area contributed by atoms with Gasteiger partial charge in [0.1, 0.15) is 0 Å². The Labute approximate surface area is 126 Å². The predicted molar refractivity (Wildman–Crippen MR) is 83.9 cm³/mol. The molecule has 104 valence electrons. The van der Waals surface area contributed by atoms with Gasteiger partial charge >= 0.3 is 0 Å². The van der Waals surface area contributed by atoms with Crippen LogP contribution in [0.2, 0.25) is 5.28 Å². The summed E-state index contributed by atoms with van der Waals surface area (Å²) < 4.78 is 0. The average molecular weight is 318 g/mol. The van der Waals surface area contributed by atoms with Gasteiger partial charge in [0.05, 0.1) is 0 Å². The van der Waals surface area contributed by atoms with Crippen LogP contribution >= 0.6 is 35.1 Å². The minimum atomic E-state index is 0.302. The van der Waals surface area contributed by atoms with Crippen molar-refractivity contribution >= 4 is 47.0 Å². The standard InChI is InChI=1S/C11H16ClN5S2/c12-9-13-10(16-1-5-18-6-2-16)15-11(14-9)17-3-7-19-8-4-17/h1-8H2. The topological polar surface area (TPSA) is 45.2 Å². The third-order valence-electron chi connectivity index (χ3n) is 3.17. The lowest BCUT2D eigenvalue weighted by atomic mass is 10.5. The second-order valence-electron chi connectivity index (χ2n) is 4.40. The minimum Gasteiger partial charge on any atom is -0.339 e. The maximum Gasteiger partial charge on any atom is 0.231 e. The van der Waals surface area contributed by atoms with E-state index in [-0.39, 0.29) is 0 Å². The monoisotopic (exact) mass is 317 g/mol. The van der Waals surface area contributed by atoms with Crippen LogP contribution in [0.15, 0.2) is 0 Å². The quantitative estimate of drug-likeness (QED) is 0.821. The van der Waals surface area contributed by atoms with Crippen molar-refractivity contribution in [1.29, 1.82) is 0 Å². The summed E-state index contributed by atoms with van der Waals surface area (Å²) in [6, 6.07) is 0. The number of hydrogen-bond donors (Lipinski definition) is 0. The van der Waals surface area contributed by atoms with Gasteiger partial charge in [0, 0.05) is 49.2 Å². The number of thioether (sulfide) groups is 2. The van der Waals surface area contributed by atoms with E-state index in [1.807, 2.05) is 23.5 Å². The molecule has 0 aliphatic carbocycles. The van der Waals surface area contributed by atoms with Crippen molar-refractivity contribution < 1.29 is 0 Å². The molecule has 0 aromatic carbocycles. The third kappa shape index (κ3) is 3.38. The number of aromatic nitrogens is 3. The molecule has 1 aromatic heterocycles. The summed E-state index contributed by atoms with van der Waals surface area (Å²) in [6.07, 6.45) is 0. The van der Waals surface area contributed by atoms with E-state index in [1.165, 1.54) is 0 Å². The molecule has 3 rings (SSSR count). The predicted octanol–water partition coefficient (Wildman–Crippen LogP) is 1.63. The van der Waals surface area contributed by atoms with Crippen molar-refractivity contribution in [3.63, 3.8) is 0 Å². The molecule has 2 aliphatic heterocycles. The summed E-state index contributed by atoms with van der Waals surface area (Å²) in [7, 11) is 0. The van der Waals surface area contributed by atoms with Gasteiger partial charge in [-0.2, -0.15) is 38.5 Å². The minimum absolute atomic E-state index is 0.302. The summed E-state index contributed by atoms with van der Waals surface area (Å²) in [5.41, 5.74) is 0. The lowest BCUT2D eigenvalue weighted by molar-refractivity contribution is 0.772. The van der Waals surface area contributed by atoms with Gasteiger partial charge in [-0.3, -0.25) is 0 Å². The van der Waals surface area contributed by atoms with E-state index in [1.54, 1.807) is 0 Å². The fourth-order valence-corrected chi connectivity index (χ4v) is 4.10. The highest BCUT2D eigenvalue weighted by atomic mass is 35.5. The van der Waals surface area contributed by atoms with Gasteiger partial charge in [0.25, 0.3) is 0 Å². The Hall–Kier alpha value is -0.400. The Kier molecular flexibility index (Phi) is 4.55. The Morgan fingerprint density at radius 3 is 1.58 bits per heavy atom. The van der Waals surface area contributed by atoms with Crippen LogP contribution in [0.4, 0.5) is 11.9 Å². The maximum atomic E-state index is 6.06. The average Bonchev–Trinajstić information content (AvgIpc) is 2.48. The molecule has 0 spiro atoms. The molecule has 0 N–H and O–H groups in total. The van der Waals surface area contributed by atoms with E-state index in [2.05, 4.69) is 24.8 Å². The molecule has 5 nitrogen and oxygen atoms in total. The van der Waals surface area contributed by atoms with Crippen molar-refractivity contribution in [3.05, 3.63) is 5.28 Å². The Balaban J connectivity index is 1.82. The molecule has 2 saturated heterocycles. The van der Waals surface area contributed by atoms with Crippen LogP contribution in [0.3, 0.4) is 0 Å².